The van der Waals surface area contributed by atoms with Gasteiger partial charge in [-0.15, -0.1) is 0 Å². The summed E-state index contributed by atoms with van der Waals surface area (Å²) in [6.45, 7) is 0.909. The molecule has 1 heterocycles. The van der Waals surface area contributed by atoms with Gasteiger partial charge in [-0.2, -0.15) is 4.31 Å². The van der Waals surface area contributed by atoms with Gasteiger partial charge in [0, 0.05) is 19.5 Å². The second kappa shape index (κ2) is 8.33. The molecular weight excluding hydrogens is 296 g/mol. The first-order valence-corrected chi connectivity index (χ1v) is 9.13. The minimum Gasteiger partial charge on any atom is -0.481 e. The van der Waals surface area contributed by atoms with E-state index < -0.39 is 22.0 Å². The molecule has 0 aromatic heterocycles. The molecule has 2 N–H and O–H groups in total. The Kier molecular flexibility index (Phi) is 7.10. The van der Waals surface area contributed by atoms with Gasteiger partial charge in [0.25, 0.3) is 0 Å². The summed E-state index contributed by atoms with van der Waals surface area (Å²) in [7, 11) is -3.33. The molecule has 0 aliphatic carbocycles. The quantitative estimate of drug-likeness (QED) is 0.604. The topological polar surface area (TPSA) is 104 Å². The third kappa shape index (κ3) is 6.43. The molecule has 0 radical (unpaired) electrons. The molecule has 1 saturated heterocycles. The molecule has 0 aromatic carbocycles. The number of carbonyl (C=O) groups excluding carboxylic acids is 1. The van der Waals surface area contributed by atoms with Gasteiger partial charge >= 0.3 is 5.97 Å². The number of sulfonamides is 1. The molecule has 0 spiro atoms. The molecule has 1 rings (SSSR count). The third-order valence-electron chi connectivity index (χ3n) is 3.55. The zero-order valence-corrected chi connectivity index (χ0v) is 13.2. The fourth-order valence-corrected chi connectivity index (χ4v) is 3.61. The molecule has 1 unspecified atom stereocenters. The first kappa shape index (κ1) is 17.9. The van der Waals surface area contributed by atoms with Crippen molar-refractivity contribution < 1.29 is 23.1 Å². The number of rotatable bonds is 9. The van der Waals surface area contributed by atoms with Crippen molar-refractivity contribution in [1.29, 1.82) is 0 Å². The monoisotopic (exact) mass is 320 g/mol. The van der Waals surface area contributed by atoms with Crippen LogP contribution in [0.15, 0.2) is 0 Å². The zero-order valence-electron chi connectivity index (χ0n) is 12.4. The lowest BCUT2D eigenvalue weighted by molar-refractivity contribution is -0.137. The van der Waals surface area contributed by atoms with Gasteiger partial charge in [0.2, 0.25) is 15.9 Å². The Hall–Kier alpha value is -1.15. The third-order valence-corrected chi connectivity index (χ3v) is 4.84. The van der Waals surface area contributed by atoms with Crippen LogP contribution in [0.2, 0.25) is 0 Å². The van der Waals surface area contributed by atoms with Crippen molar-refractivity contribution in [3.8, 4) is 0 Å². The van der Waals surface area contributed by atoms with Gasteiger partial charge in [0.15, 0.2) is 0 Å². The van der Waals surface area contributed by atoms with Crippen LogP contribution in [0, 0.1) is 0 Å². The van der Waals surface area contributed by atoms with Crippen molar-refractivity contribution in [3.63, 3.8) is 0 Å². The second-order valence-corrected chi connectivity index (χ2v) is 7.32. The first-order valence-electron chi connectivity index (χ1n) is 7.28. The fourth-order valence-electron chi connectivity index (χ4n) is 2.48. The van der Waals surface area contributed by atoms with Crippen LogP contribution in [0.1, 0.15) is 44.9 Å². The van der Waals surface area contributed by atoms with Crippen molar-refractivity contribution in [2.45, 2.75) is 51.0 Å². The number of nitrogens with zero attached hydrogens (tertiary/aromatic N) is 1. The predicted molar refractivity (Wildman–Crippen MR) is 78.3 cm³/mol. The highest BCUT2D eigenvalue weighted by molar-refractivity contribution is 7.88. The summed E-state index contributed by atoms with van der Waals surface area (Å²) < 4.78 is 24.4. The molecule has 7 nitrogen and oxygen atoms in total. The summed E-state index contributed by atoms with van der Waals surface area (Å²) in [5.41, 5.74) is 0. The van der Waals surface area contributed by atoms with Gasteiger partial charge in [-0.05, 0) is 25.7 Å². The van der Waals surface area contributed by atoms with Gasteiger partial charge < -0.3 is 10.4 Å². The summed E-state index contributed by atoms with van der Waals surface area (Å²) in [4.78, 5) is 22.3. The molecule has 1 fully saturated rings. The van der Waals surface area contributed by atoms with E-state index in [4.69, 9.17) is 5.11 Å². The van der Waals surface area contributed by atoms with Crippen LogP contribution < -0.4 is 5.32 Å². The number of hydrogen-bond acceptors (Lipinski definition) is 4. The lowest BCUT2D eigenvalue weighted by atomic mass is 10.1. The Morgan fingerprint density at radius 1 is 1.24 bits per heavy atom. The molecule has 8 heteroatoms. The minimum absolute atomic E-state index is 0.178. The van der Waals surface area contributed by atoms with Crippen LogP contribution >= 0.6 is 0 Å². The van der Waals surface area contributed by atoms with E-state index in [2.05, 4.69) is 5.32 Å². The minimum atomic E-state index is -3.33. The summed E-state index contributed by atoms with van der Waals surface area (Å²) in [6.07, 6.45) is 5.68. The number of nitrogens with one attached hydrogen (secondary N) is 1. The summed E-state index contributed by atoms with van der Waals surface area (Å²) in [6, 6.07) is -0.577. The maximum absolute atomic E-state index is 12.0. The SMILES string of the molecule is CS(=O)(=O)N1CCCC1C(=O)NCCCCCCC(=O)O. The van der Waals surface area contributed by atoms with Crippen LogP contribution in [-0.4, -0.2) is 55.1 Å². The van der Waals surface area contributed by atoms with Crippen molar-refractivity contribution in [2.24, 2.45) is 0 Å². The Balaban J connectivity index is 2.20. The first-order chi connectivity index (χ1) is 9.82. The average molecular weight is 320 g/mol. The summed E-state index contributed by atoms with van der Waals surface area (Å²) in [5.74, 6) is -1.02. The standard InChI is InChI=1S/C13H24N2O5S/c1-21(19,20)15-10-6-7-11(15)13(18)14-9-5-3-2-4-8-12(16)17/h11H,2-10H2,1H3,(H,14,18)(H,16,17). The highest BCUT2D eigenvalue weighted by Crippen LogP contribution is 2.20. The molecule has 1 atom stereocenters. The van der Waals surface area contributed by atoms with Crippen LogP contribution in [0.5, 0.6) is 0 Å². The normalized spacial score (nSPS) is 19.6. The maximum Gasteiger partial charge on any atom is 0.303 e. The largest absolute Gasteiger partial charge is 0.481 e. The van der Waals surface area contributed by atoms with E-state index in [9.17, 15) is 18.0 Å². The van der Waals surface area contributed by atoms with E-state index in [-0.39, 0.29) is 12.3 Å². The van der Waals surface area contributed by atoms with Crippen LogP contribution in [0.25, 0.3) is 0 Å². The van der Waals surface area contributed by atoms with Crippen molar-refractivity contribution >= 4 is 21.9 Å². The molecule has 1 aliphatic rings. The number of hydrogen-bond donors (Lipinski definition) is 2. The summed E-state index contributed by atoms with van der Waals surface area (Å²) in [5, 5.41) is 11.3. The molecule has 21 heavy (non-hydrogen) atoms. The van der Waals surface area contributed by atoms with E-state index in [0.717, 1.165) is 25.5 Å². The van der Waals surface area contributed by atoms with Gasteiger partial charge in [-0.3, -0.25) is 9.59 Å². The highest BCUT2D eigenvalue weighted by atomic mass is 32.2. The lowest BCUT2D eigenvalue weighted by Gasteiger charge is -2.21. The smallest absolute Gasteiger partial charge is 0.303 e. The number of unbranched alkanes of at least 4 members (excludes halogenated alkanes) is 3. The van der Waals surface area contributed by atoms with E-state index >= 15 is 0 Å². The molecule has 0 saturated carbocycles. The van der Waals surface area contributed by atoms with Crippen LogP contribution in [0.4, 0.5) is 0 Å². The summed E-state index contributed by atoms with van der Waals surface area (Å²) >= 11 is 0. The lowest BCUT2D eigenvalue weighted by Crippen LogP contribution is -2.45. The Morgan fingerprint density at radius 3 is 2.52 bits per heavy atom. The molecule has 1 aliphatic heterocycles. The fraction of sp³-hybridized carbons (Fsp3) is 0.846. The second-order valence-electron chi connectivity index (χ2n) is 5.38. The predicted octanol–water partition coefficient (Wildman–Crippen LogP) is 0.562. The van der Waals surface area contributed by atoms with Crippen molar-refractivity contribution in [3.05, 3.63) is 0 Å². The number of carbonyl (C=O) groups is 2. The number of amides is 1. The molecular formula is C13H24N2O5S. The molecule has 122 valence electrons. The highest BCUT2D eigenvalue weighted by Gasteiger charge is 2.36. The van der Waals surface area contributed by atoms with E-state index in [0.29, 0.717) is 32.4 Å². The van der Waals surface area contributed by atoms with Gasteiger partial charge in [0.05, 0.1) is 6.26 Å². The van der Waals surface area contributed by atoms with Crippen LogP contribution in [-0.2, 0) is 19.6 Å². The Morgan fingerprint density at radius 2 is 1.90 bits per heavy atom. The van der Waals surface area contributed by atoms with E-state index in [1.54, 1.807) is 0 Å². The number of aliphatic carboxylic acids is 1. The van der Waals surface area contributed by atoms with Gasteiger partial charge in [-0.1, -0.05) is 12.8 Å². The maximum atomic E-state index is 12.0. The van der Waals surface area contributed by atoms with Gasteiger partial charge in [0.1, 0.15) is 6.04 Å². The molecule has 0 bridgehead atoms. The van der Waals surface area contributed by atoms with Crippen molar-refractivity contribution in [2.75, 3.05) is 19.3 Å². The van der Waals surface area contributed by atoms with E-state index in [1.807, 2.05) is 0 Å². The van der Waals surface area contributed by atoms with Crippen molar-refractivity contribution in [1.82, 2.24) is 9.62 Å². The Labute approximate surface area is 125 Å². The zero-order chi connectivity index (χ0) is 15.9. The molecule has 0 aromatic rings. The Bertz CT molecular complexity index is 463. The van der Waals surface area contributed by atoms with Crippen LogP contribution in [0.3, 0.4) is 0 Å². The average Bonchev–Trinajstić information content (AvgIpc) is 2.86. The number of carboxylic acids is 1. The number of carboxylic acid groups (broad SMARTS) is 1. The molecule has 1 amide bonds. The van der Waals surface area contributed by atoms with Gasteiger partial charge in [-0.25, -0.2) is 8.42 Å². The van der Waals surface area contributed by atoms with E-state index in [1.165, 1.54) is 4.31 Å².